The summed E-state index contributed by atoms with van der Waals surface area (Å²) in [6.45, 7) is 1.47. The van der Waals surface area contributed by atoms with Crippen LogP contribution in [0, 0.1) is 22.9 Å². The van der Waals surface area contributed by atoms with Gasteiger partial charge < -0.3 is 0 Å². The van der Waals surface area contributed by atoms with Crippen molar-refractivity contribution in [2.45, 2.75) is 25.1 Å². The van der Waals surface area contributed by atoms with Gasteiger partial charge in [-0.1, -0.05) is 24.4 Å². The fraction of sp³-hybridized carbons (Fsp3) is 0.333. The van der Waals surface area contributed by atoms with Crippen LogP contribution >= 0.6 is 12.2 Å². The first-order chi connectivity index (χ1) is 11.5. The van der Waals surface area contributed by atoms with Gasteiger partial charge in [-0.15, -0.1) is 0 Å². The van der Waals surface area contributed by atoms with Crippen LogP contribution < -0.4 is 0 Å². The van der Waals surface area contributed by atoms with Crippen LogP contribution in [0.5, 0.6) is 0 Å². The van der Waals surface area contributed by atoms with E-state index in [-0.39, 0.29) is 17.8 Å². The maximum Gasteiger partial charge on any atom is 0.254 e. The molecule has 0 fully saturated rings. The highest BCUT2D eigenvalue weighted by Crippen LogP contribution is 2.23. The fourth-order valence-corrected chi connectivity index (χ4v) is 4.58. The highest BCUT2D eigenvalue weighted by molar-refractivity contribution is 7.93. The average Bonchev–Trinajstić information content (AvgIpc) is 2.49. The summed E-state index contributed by atoms with van der Waals surface area (Å²) in [6.07, 6.45) is 0.357. The van der Waals surface area contributed by atoms with Gasteiger partial charge in [0.2, 0.25) is 10.0 Å². The molecule has 2 rings (SSSR count). The zero-order chi connectivity index (χ0) is 18.9. The van der Waals surface area contributed by atoms with Crippen molar-refractivity contribution >= 4 is 32.9 Å². The van der Waals surface area contributed by atoms with Crippen LogP contribution in [0.1, 0.15) is 17.5 Å². The van der Waals surface area contributed by atoms with Crippen LogP contribution in [0.15, 0.2) is 30.0 Å². The summed E-state index contributed by atoms with van der Waals surface area (Å²) in [5.41, 5.74) is 0.491. The molecular weight excluding hydrogens is 371 g/mol. The number of nitro groups is 1. The SMILES string of the molecule is Cc1cc(CN(C)S(=O)(=O)C2C(=O)C=C([N+](=O)[O-])CC2=S)ccc1F. The van der Waals surface area contributed by atoms with Gasteiger partial charge in [-0.3, -0.25) is 14.9 Å². The quantitative estimate of drug-likeness (QED) is 0.435. The van der Waals surface area contributed by atoms with Crippen molar-refractivity contribution in [2.24, 2.45) is 0 Å². The smallest absolute Gasteiger partial charge is 0.254 e. The molecule has 1 aromatic rings. The predicted molar refractivity (Wildman–Crippen MR) is 92.6 cm³/mol. The number of rotatable bonds is 5. The highest BCUT2D eigenvalue weighted by atomic mass is 32.2. The third kappa shape index (κ3) is 3.97. The van der Waals surface area contributed by atoms with Crippen LogP contribution in [0.4, 0.5) is 4.39 Å². The second kappa shape index (κ2) is 7.06. The third-order valence-electron chi connectivity index (χ3n) is 3.81. The molecule has 1 unspecified atom stereocenters. The van der Waals surface area contributed by atoms with Crippen LogP contribution in [0.25, 0.3) is 0 Å². The van der Waals surface area contributed by atoms with Crippen LogP contribution in [0.3, 0.4) is 0 Å². The molecule has 0 spiro atoms. The lowest BCUT2D eigenvalue weighted by Gasteiger charge is -2.25. The second-order valence-corrected chi connectivity index (χ2v) is 8.35. The number of carbonyl (C=O) groups excluding carboxylic acids is 1. The number of ketones is 1. The molecule has 0 amide bonds. The largest absolute Gasteiger partial charge is 0.293 e. The fourth-order valence-electron chi connectivity index (χ4n) is 2.48. The van der Waals surface area contributed by atoms with E-state index in [1.807, 2.05) is 0 Å². The van der Waals surface area contributed by atoms with Crippen molar-refractivity contribution in [3.63, 3.8) is 0 Å². The molecule has 0 heterocycles. The molecule has 1 aliphatic rings. The summed E-state index contributed by atoms with van der Waals surface area (Å²) in [5.74, 6) is -1.33. The Hall–Kier alpha value is -2.04. The standard InChI is InChI=1S/C15H15FN2O5S2/c1-9-5-10(3-4-12(9)16)8-17(2)25(22,23)15-13(19)6-11(18(20)21)7-14(15)24/h3-6,15H,7-8H2,1-2H3. The number of allylic oxidation sites excluding steroid dienone is 2. The zero-order valence-electron chi connectivity index (χ0n) is 13.4. The molecule has 1 aliphatic carbocycles. The van der Waals surface area contributed by atoms with Gasteiger partial charge in [0.05, 0.1) is 17.4 Å². The minimum absolute atomic E-state index is 0.0817. The second-order valence-electron chi connectivity index (χ2n) is 5.70. The summed E-state index contributed by atoms with van der Waals surface area (Å²) in [6, 6.07) is 4.18. The number of nitrogens with zero attached hydrogens (tertiary/aromatic N) is 2. The molecule has 1 atom stereocenters. The van der Waals surface area contributed by atoms with Gasteiger partial charge in [0.25, 0.3) is 5.70 Å². The lowest BCUT2D eigenvalue weighted by molar-refractivity contribution is -0.426. The normalized spacial score (nSPS) is 18.4. The Balaban J connectivity index is 2.28. The van der Waals surface area contributed by atoms with Gasteiger partial charge in [0.1, 0.15) is 5.82 Å². The number of hydrogen-bond acceptors (Lipinski definition) is 6. The van der Waals surface area contributed by atoms with E-state index < -0.39 is 37.5 Å². The number of sulfonamides is 1. The Morgan fingerprint density at radius 1 is 1.44 bits per heavy atom. The topological polar surface area (TPSA) is 97.6 Å². The number of aryl methyl sites for hydroxylation is 1. The van der Waals surface area contributed by atoms with Crippen molar-refractivity contribution in [1.29, 1.82) is 0 Å². The molecule has 1 aromatic carbocycles. The molecule has 0 saturated heterocycles. The van der Waals surface area contributed by atoms with Crippen molar-refractivity contribution in [2.75, 3.05) is 7.05 Å². The van der Waals surface area contributed by atoms with Crippen molar-refractivity contribution in [3.05, 3.63) is 57.0 Å². The number of hydrogen-bond donors (Lipinski definition) is 0. The van der Waals surface area contributed by atoms with Gasteiger partial charge in [0.15, 0.2) is 11.0 Å². The molecule has 0 bridgehead atoms. The van der Waals surface area contributed by atoms with Crippen molar-refractivity contribution in [3.8, 4) is 0 Å². The minimum Gasteiger partial charge on any atom is -0.293 e. The van der Waals surface area contributed by atoms with E-state index in [0.29, 0.717) is 17.2 Å². The Labute approximate surface area is 149 Å². The monoisotopic (exact) mass is 386 g/mol. The van der Waals surface area contributed by atoms with E-state index in [4.69, 9.17) is 12.2 Å². The van der Waals surface area contributed by atoms with Crippen LogP contribution in [-0.2, 0) is 21.4 Å². The van der Waals surface area contributed by atoms with Crippen LogP contribution in [-0.4, -0.2) is 40.6 Å². The molecule has 0 saturated carbocycles. The molecule has 0 N–H and O–H groups in total. The Morgan fingerprint density at radius 2 is 2.08 bits per heavy atom. The maximum absolute atomic E-state index is 13.3. The summed E-state index contributed by atoms with van der Waals surface area (Å²) in [5, 5.41) is 9.14. The van der Waals surface area contributed by atoms with Crippen molar-refractivity contribution in [1.82, 2.24) is 4.31 Å². The Kier molecular flexibility index (Phi) is 5.45. The van der Waals surface area contributed by atoms with Gasteiger partial charge in [-0.05, 0) is 24.1 Å². The number of halogens is 1. The van der Waals surface area contributed by atoms with E-state index >= 15 is 0 Å². The first kappa shape index (κ1) is 19.3. The highest BCUT2D eigenvalue weighted by Gasteiger charge is 2.43. The Morgan fingerprint density at radius 3 is 2.60 bits per heavy atom. The van der Waals surface area contributed by atoms with Gasteiger partial charge >= 0.3 is 0 Å². The first-order valence-electron chi connectivity index (χ1n) is 7.15. The number of thiocarbonyl (C=S) groups is 1. The van der Waals surface area contributed by atoms with Crippen LogP contribution in [0.2, 0.25) is 0 Å². The van der Waals surface area contributed by atoms with E-state index in [1.165, 1.54) is 25.2 Å². The lowest BCUT2D eigenvalue weighted by atomic mass is 10.0. The van der Waals surface area contributed by atoms with Gasteiger partial charge in [0, 0.05) is 18.5 Å². The molecule has 134 valence electrons. The average molecular weight is 386 g/mol. The summed E-state index contributed by atoms with van der Waals surface area (Å²) < 4.78 is 39.6. The number of benzene rings is 1. The summed E-state index contributed by atoms with van der Waals surface area (Å²) >= 11 is 4.95. The lowest BCUT2D eigenvalue weighted by Crippen LogP contribution is -2.46. The van der Waals surface area contributed by atoms with Crippen molar-refractivity contribution < 1.29 is 22.5 Å². The molecule has 10 heteroatoms. The summed E-state index contributed by atoms with van der Waals surface area (Å²) in [7, 11) is -2.87. The third-order valence-corrected chi connectivity index (χ3v) is 6.45. The van der Waals surface area contributed by atoms with Gasteiger partial charge in [-0.25, -0.2) is 12.8 Å². The Bertz CT molecular complexity index is 895. The first-order valence-corrected chi connectivity index (χ1v) is 9.07. The zero-order valence-corrected chi connectivity index (χ0v) is 15.1. The molecule has 0 radical (unpaired) electrons. The molecule has 7 nitrogen and oxygen atoms in total. The number of carbonyl (C=O) groups is 1. The molecule has 0 aromatic heterocycles. The van der Waals surface area contributed by atoms with E-state index in [1.54, 1.807) is 6.92 Å². The van der Waals surface area contributed by atoms with Gasteiger partial charge in [-0.2, -0.15) is 4.31 Å². The van der Waals surface area contributed by atoms with E-state index in [9.17, 15) is 27.7 Å². The molecule has 0 aliphatic heterocycles. The minimum atomic E-state index is -4.15. The van der Waals surface area contributed by atoms with E-state index in [2.05, 4.69) is 0 Å². The summed E-state index contributed by atoms with van der Waals surface area (Å²) in [4.78, 5) is 21.9. The molecular formula is C15H15FN2O5S2. The maximum atomic E-state index is 13.3. The van der Waals surface area contributed by atoms with E-state index in [0.717, 1.165) is 4.31 Å². The predicted octanol–water partition coefficient (Wildman–Crippen LogP) is 1.77. The molecule has 25 heavy (non-hydrogen) atoms.